The fourth-order valence-corrected chi connectivity index (χ4v) is 2.17. The Hall–Kier alpha value is -1.23. The van der Waals surface area contributed by atoms with Crippen LogP contribution in [0.4, 0.5) is 0 Å². The molecular formula is C8H9N3OS. The van der Waals surface area contributed by atoms with E-state index in [0.717, 1.165) is 23.5 Å². The van der Waals surface area contributed by atoms with Crippen LogP contribution in [0.5, 0.6) is 0 Å². The summed E-state index contributed by atoms with van der Waals surface area (Å²) in [6, 6.07) is 0.0243. The maximum Gasteiger partial charge on any atom is 0.230 e. The fourth-order valence-electron chi connectivity index (χ4n) is 1.27. The van der Waals surface area contributed by atoms with Crippen LogP contribution in [0.3, 0.4) is 0 Å². The van der Waals surface area contributed by atoms with Crippen molar-refractivity contribution < 1.29 is 4.79 Å². The van der Waals surface area contributed by atoms with Crippen LogP contribution < -0.4 is 0 Å². The third-order valence-corrected chi connectivity index (χ3v) is 2.96. The minimum absolute atomic E-state index is 0.0243. The molecule has 1 aromatic heterocycles. The van der Waals surface area contributed by atoms with Crippen LogP contribution in [0.1, 0.15) is 23.2 Å². The molecule has 4 nitrogen and oxygen atoms in total. The van der Waals surface area contributed by atoms with Gasteiger partial charge in [-0.25, -0.2) is 9.99 Å². The van der Waals surface area contributed by atoms with Crippen molar-refractivity contribution in [2.45, 2.75) is 19.4 Å². The highest BCUT2D eigenvalue weighted by molar-refractivity contribution is 7.09. The van der Waals surface area contributed by atoms with Gasteiger partial charge in [-0.15, -0.1) is 11.3 Å². The number of aromatic nitrogens is 1. The Bertz CT molecular complexity index is 347. The second-order valence-corrected chi connectivity index (χ2v) is 3.75. The Morgan fingerprint density at radius 1 is 1.77 bits per heavy atom. The number of hydrogen-bond acceptors (Lipinski definition) is 4. The van der Waals surface area contributed by atoms with Crippen LogP contribution in [-0.2, 0) is 4.79 Å². The van der Waals surface area contributed by atoms with Gasteiger partial charge in [0.05, 0.1) is 0 Å². The largest absolute Gasteiger partial charge is 0.277 e. The second kappa shape index (κ2) is 3.26. The highest BCUT2D eigenvalue weighted by atomic mass is 32.1. The monoisotopic (exact) mass is 195 g/mol. The number of nitrogens with zero attached hydrogens (tertiary/aromatic N) is 3. The number of hydrazone groups is 1. The van der Waals surface area contributed by atoms with Gasteiger partial charge in [0.2, 0.25) is 6.41 Å². The molecule has 0 radical (unpaired) electrons. The van der Waals surface area contributed by atoms with Crippen LogP contribution in [0.25, 0.3) is 0 Å². The summed E-state index contributed by atoms with van der Waals surface area (Å²) in [7, 11) is 0. The van der Waals surface area contributed by atoms with Crippen molar-refractivity contribution >= 4 is 24.0 Å². The van der Waals surface area contributed by atoms with E-state index in [9.17, 15) is 4.79 Å². The topological polar surface area (TPSA) is 45.6 Å². The zero-order chi connectivity index (χ0) is 9.26. The zero-order valence-electron chi connectivity index (χ0n) is 7.17. The summed E-state index contributed by atoms with van der Waals surface area (Å²) in [6.45, 7) is 1.95. The van der Waals surface area contributed by atoms with Crippen molar-refractivity contribution in [3.8, 4) is 0 Å². The molecule has 0 saturated carbocycles. The molecule has 0 N–H and O–H groups in total. The highest BCUT2D eigenvalue weighted by Gasteiger charge is 2.24. The number of rotatable bonds is 2. The molecule has 1 aromatic rings. The van der Waals surface area contributed by atoms with Crippen molar-refractivity contribution in [1.29, 1.82) is 0 Å². The molecule has 1 atom stereocenters. The lowest BCUT2D eigenvalue weighted by atomic mass is 10.2. The third kappa shape index (κ3) is 1.47. The summed E-state index contributed by atoms with van der Waals surface area (Å²) >= 11 is 1.57. The van der Waals surface area contributed by atoms with E-state index in [1.54, 1.807) is 17.6 Å². The Labute approximate surface area is 79.9 Å². The SMILES string of the molecule is Cc1csc(C2CC=NN2C=O)n1. The lowest BCUT2D eigenvalue weighted by Gasteiger charge is -2.13. The van der Waals surface area contributed by atoms with E-state index in [-0.39, 0.29) is 6.04 Å². The molecule has 0 spiro atoms. The Balaban J connectivity index is 2.22. The number of thiazole rings is 1. The van der Waals surface area contributed by atoms with Crippen LogP contribution in [0.15, 0.2) is 10.5 Å². The van der Waals surface area contributed by atoms with E-state index in [2.05, 4.69) is 10.1 Å². The summed E-state index contributed by atoms with van der Waals surface area (Å²) in [6.07, 6.45) is 3.26. The maximum atomic E-state index is 10.6. The van der Waals surface area contributed by atoms with E-state index >= 15 is 0 Å². The zero-order valence-corrected chi connectivity index (χ0v) is 7.99. The smallest absolute Gasteiger partial charge is 0.230 e. The van der Waals surface area contributed by atoms with E-state index in [1.165, 1.54) is 5.01 Å². The van der Waals surface area contributed by atoms with Gasteiger partial charge < -0.3 is 0 Å². The lowest BCUT2D eigenvalue weighted by Crippen LogP contribution is -2.17. The predicted molar refractivity (Wildman–Crippen MR) is 50.6 cm³/mol. The second-order valence-electron chi connectivity index (χ2n) is 2.86. The van der Waals surface area contributed by atoms with Crippen molar-refractivity contribution in [3.63, 3.8) is 0 Å². The summed E-state index contributed by atoms with van der Waals surface area (Å²) < 4.78 is 0. The molecule has 5 heteroatoms. The molecule has 1 aliphatic heterocycles. The first-order chi connectivity index (χ1) is 6.31. The van der Waals surface area contributed by atoms with Gasteiger partial charge in [-0.1, -0.05) is 0 Å². The summed E-state index contributed by atoms with van der Waals surface area (Å²) in [5, 5.41) is 8.29. The first kappa shape index (κ1) is 8.37. The number of hydrogen-bond donors (Lipinski definition) is 0. The van der Waals surface area contributed by atoms with Gasteiger partial charge in [0, 0.05) is 23.7 Å². The van der Waals surface area contributed by atoms with Gasteiger partial charge in [0.15, 0.2) is 0 Å². The summed E-state index contributed by atoms with van der Waals surface area (Å²) in [5.41, 5.74) is 0.998. The summed E-state index contributed by atoms with van der Waals surface area (Å²) in [5.74, 6) is 0. The average molecular weight is 195 g/mol. The van der Waals surface area contributed by atoms with Crippen molar-refractivity contribution in [1.82, 2.24) is 9.99 Å². The van der Waals surface area contributed by atoms with Gasteiger partial charge in [-0.05, 0) is 6.92 Å². The van der Waals surface area contributed by atoms with Crippen LogP contribution >= 0.6 is 11.3 Å². The van der Waals surface area contributed by atoms with E-state index in [0.29, 0.717) is 0 Å². The Morgan fingerprint density at radius 3 is 3.23 bits per heavy atom. The normalized spacial score (nSPS) is 21.0. The molecule has 0 aliphatic carbocycles. The van der Waals surface area contributed by atoms with Crippen molar-refractivity contribution in [2.24, 2.45) is 5.10 Å². The minimum atomic E-state index is 0.0243. The first-order valence-electron chi connectivity index (χ1n) is 3.99. The number of amides is 1. The standard InChI is InChI=1S/C8H9N3OS/c1-6-4-13-8(10-6)7-2-3-9-11(7)5-12/h3-5,7H,2H2,1H3. The molecule has 0 aromatic carbocycles. The molecule has 0 fully saturated rings. The molecule has 2 rings (SSSR count). The Kier molecular flexibility index (Phi) is 2.10. The first-order valence-corrected chi connectivity index (χ1v) is 4.87. The molecule has 1 unspecified atom stereocenters. The molecule has 13 heavy (non-hydrogen) atoms. The fraction of sp³-hybridized carbons (Fsp3) is 0.375. The van der Waals surface area contributed by atoms with Gasteiger partial charge >= 0.3 is 0 Å². The predicted octanol–water partition coefficient (Wildman–Crippen LogP) is 1.34. The molecular weight excluding hydrogens is 186 g/mol. The van der Waals surface area contributed by atoms with Gasteiger partial charge in [-0.2, -0.15) is 5.10 Å². The maximum absolute atomic E-state index is 10.6. The van der Waals surface area contributed by atoms with E-state index in [1.807, 2.05) is 12.3 Å². The van der Waals surface area contributed by atoms with Crippen LogP contribution in [-0.4, -0.2) is 22.6 Å². The number of aryl methyl sites for hydroxylation is 1. The van der Waals surface area contributed by atoms with Crippen molar-refractivity contribution in [3.05, 3.63) is 16.1 Å². The van der Waals surface area contributed by atoms with Gasteiger partial charge in [0.1, 0.15) is 11.0 Å². The highest BCUT2D eigenvalue weighted by Crippen LogP contribution is 2.28. The molecule has 1 amide bonds. The quantitative estimate of drug-likeness (QED) is 0.668. The molecule has 1 aliphatic rings. The van der Waals surface area contributed by atoms with Crippen LogP contribution in [0.2, 0.25) is 0 Å². The van der Waals surface area contributed by atoms with Gasteiger partial charge in [-0.3, -0.25) is 4.79 Å². The molecule has 68 valence electrons. The van der Waals surface area contributed by atoms with E-state index < -0.39 is 0 Å². The van der Waals surface area contributed by atoms with Crippen LogP contribution in [0, 0.1) is 6.92 Å². The Morgan fingerprint density at radius 2 is 2.62 bits per heavy atom. The van der Waals surface area contributed by atoms with E-state index in [4.69, 9.17) is 0 Å². The average Bonchev–Trinajstić information content (AvgIpc) is 2.71. The van der Waals surface area contributed by atoms with Gasteiger partial charge in [0.25, 0.3) is 0 Å². The van der Waals surface area contributed by atoms with Crippen molar-refractivity contribution in [2.75, 3.05) is 0 Å². The number of carbonyl (C=O) groups is 1. The molecule has 0 saturated heterocycles. The third-order valence-electron chi connectivity index (χ3n) is 1.89. The molecule has 0 bridgehead atoms. The number of carbonyl (C=O) groups excluding carboxylic acids is 1. The molecule has 2 heterocycles. The summed E-state index contributed by atoms with van der Waals surface area (Å²) in [4.78, 5) is 14.9. The lowest BCUT2D eigenvalue weighted by molar-refractivity contribution is -0.119. The minimum Gasteiger partial charge on any atom is -0.277 e.